The van der Waals surface area contributed by atoms with Crippen LogP contribution in [-0.2, 0) is 13.0 Å². The summed E-state index contributed by atoms with van der Waals surface area (Å²) in [6.07, 6.45) is 2.17. The van der Waals surface area contributed by atoms with Gasteiger partial charge in [0, 0.05) is 24.7 Å². The van der Waals surface area contributed by atoms with Crippen LogP contribution >= 0.6 is 0 Å². The molecular weight excluding hydrogens is 243 g/mol. The van der Waals surface area contributed by atoms with E-state index in [0.717, 1.165) is 17.8 Å². The van der Waals surface area contributed by atoms with Crippen LogP contribution in [0.1, 0.15) is 18.1 Å². The second-order valence-corrected chi connectivity index (χ2v) is 4.36. The molecule has 2 N–H and O–H groups in total. The van der Waals surface area contributed by atoms with Crippen molar-refractivity contribution in [3.8, 4) is 0 Å². The zero-order valence-electron chi connectivity index (χ0n) is 11.1. The van der Waals surface area contributed by atoms with Gasteiger partial charge in [-0.15, -0.1) is 0 Å². The van der Waals surface area contributed by atoms with E-state index in [0.29, 0.717) is 17.9 Å². The van der Waals surface area contributed by atoms with Gasteiger partial charge in [0.15, 0.2) is 0 Å². The molecule has 0 fully saturated rings. The van der Waals surface area contributed by atoms with Gasteiger partial charge in [-0.1, -0.05) is 25.1 Å². The summed E-state index contributed by atoms with van der Waals surface area (Å²) < 4.78 is 13.6. The van der Waals surface area contributed by atoms with Crippen molar-refractivity contribution in [1.29, 1.82) is 0 Å². The van der Waals surface area contributed by atoms with Gasteiger partial charge in [-0.3, -0.25) is 0 Å². The van der Waals surface area contributed by atoms with Gasteiger partial charge in [0.25, 0.3) is 0 Å². The van der Waals surface area contributed by atoms with Crippen LogP contribution < -0.4 is 10.6 Å². The Balaban J connectivity index is 2.28. The number of aromatic nitrogens is 2. The van der Waals surface area contributed by atoms with Gasteiger partial charge >= 0.3 is 0 Å². The Morgan fingerprint density at radius 3 is 2.68 bits per heavy atom. The second kappa shape index (κ2) is 5.65. The third-order valence-electron chi connectivity index (χ3n) is 3.04. The highest BCUT2D eigenvalue weighted by Gasteiger charge is 2.13. The largest absolute Gasteiger partial charge is 0.383 e. The maximum atomic E-state index is 13.6. The SMILES string of the molecule is CCc1c(N)ncnc1N(C)Cc1ccccc1F. The fourth-order valence-electron chi connectivity index (χ4n) is 2.04. The zero-order chi connectivity index (χ0) is 13.8. The third kappa shape index (κ3) is 2.81. The molecular formula is C14H17FN4. The molecule has 0 aliphatic heterocycles. The summed E-state index contributed by atoms with van der Waals surface area (Å²) in [5, 5.41) is 0. The minimum absolute atomic E-state index is 0.213. The normalized spacial score (nSPS) is 10.5. The maximum absolute atomic E-state index is 13.6. The van der Waals surface area contributed by atoms with Crippen LogP contribution in [0, 0.1) is 5.82 Å². The number of hydrogen-bond acceptors (Lipinski definition) is 4. The molecule has 0 atom stereocenters. The number of rotatable bonds is 4. The van der Waals surface area contributed by atoms with E-state index in [1.807, 2.05) is 24.9 Å². The molecule has 4 nitrogen and oxygen atoms in total. The van der Waals surface area contributed by atoms with E-state index in [9.17, 15) is 4.39 Å². The van der Waals surface area contributed by atoms with Crippen molar-refractivity contribution in [3.63, 3.8) is 0 Å². The molecule has 1 aromatic carbocycles. The van der Waals surface area contributed by atoms with E-state index in [2.05, 4.69) is 9.97 Å². The molecule has 1 aromatic heterocycles. The number of hydrogen-bond donors (Lipinski definition) is 1. The van der Waals surface area contributed by atoms with E-state index >= 15 is 0 Å². The molecule has 5 heteroatoms. The Kier molecular flexibility index (Phi) is 3.94. The number of nitrogens with zero attached hydrogens (tertiary/aromatic N) is 3. The summed E-state index contributed by atoms with van der Waals surface area (Å²) in [5.74, 6) is 1.01. The van der Waals surface area contributed by atoms with E-state index in [4.69, 9.17) is 5.73 Å². The van der Waals surface area contributed by atoms with Crippen molar-refractivity contribution >= 4 is 11.6 Å². The minimum atomic E-state index is -0.213. The molecule has 19 heavy (non-hydrogen) atoms. The number of nitrogens with two attached hydrogens (primary N) is 1. The van der Waals surface area contributed by atoms with Crippen LogP contribution in [0.5, 0.6) is 0 Å². The molecule has 0 saturated heterocycles. The van der Waals surface area contributed by atoms with Crippen LogP contribution in [0.2, 0.25) is 0 Å². The molecule has 0 bridgehead atoms. The van der Waals surface area contributed by atoms with E-state index in [1.165, 1.54) is 12.4 Å². The first-order valence-corrected chi connectivity index (χ1v) is 6.17. The summed E-state index contributed by atoms with van der Waals surface area (Å²) in [6.45, 7) is 2.44. The molecule has 100 valence electrons. The Morgan fingerprint density at radius 2 is 2.00 bits per heavy atom. The maximum Gasteiger partial charge on any atom is 0.137 e. The first-order valence-electron chi connectivity index (χ1n) is 6.17. The van der Waals surface area contributed by atoms with Gasteiger partial charge in [-0.2, -0.15) is 0 Å². The van der Waals surface area contributed by atoms with Crippen molar-refractivity contribution in [3.05, 3.63) is 47.5 Å². The van der Waals surface area contributed by atoms with Crippen LogP contribution in [0.25, 0.3) is 0 Å². The summed E-state index contributed by atoms with van der Waals surface area (Å²) in [7, 11) is 1.87. The van der Waals surface area contributed by atoms with Crippen molar-refractivity contribution < 1.29 is 4.39 Å². The summed E-state index contributed by atoms with van der Waals surface area (Å²) in [6, 6.07) is 6.72. The average molecular weight is 260 g/mol. The van der Waals surface area contributed by atoms with Gasteiger partial charge in [0.2, 0.25) is 0 Å². The summed E-state index contributed by atoms with van der Waals surface area (Å²) in [4.78, 5) is 10.1. The van der Waals surface area contributed by atoms with Crippen molar-refractivity contribution in [2.24, 2.45) is 0 Å². The van der Waals surface area contributed by atoms with Crippen LogP contribution in [0.4, 0.5) is 16.0 Å². The second-order valence-electron chi connectivity index (χ2n) is 4.36. The number of anilines is 2. The van der Waals surface area contributed by atoms with Gasteiger partial charge in [-0.25, -0.2) is 14.4 Å². The minimum Gasteiger partial charge on any atom is -0.383 e. The monoisotopic (exact) mass is 260 g/mol. The highest BCUT2D eigenvalue weighted by molar-refractivity contribution is 5.56. The van der Waals surface area contributed by atoms with Gasteiger partial charge < -0.3 is 10.6 Å². The smallest absolute Gasteiger partial charge is 0.137 e. The van der Waals surface area contributed by atoms with Crippen LogP contribution in [0.15, 0.2) is 30.6 Å². The molecule has 0 aliphatic carbocycles. The Morgan fingerprint density at radius 1 is 1.26 bits per heavy atom. The van der Waals surface area contributed by atoms with Crippen LogP contribution in [0.3, 0.4) is 0 Å². The first kappa shape index (κ1) is 13.3. The predicted molar refractivity (Wildman–Crippen MR) is 74.3 cm³/mol. The molecule has 0 spiro atoms. The summed E-state index contributed by atoms with van der Waals surface area (Å²) >= 11 is 0. The molecule has 2 rings (SSSR count). The molecule has 1 heterocycles. The number of benzene rings is 1. The van der Waals surface area contributed by atoms with Gasteiger partial charge in [-0.05, 0) is 12.5 Å². The molecule has 0 unspecified atom stereocenters. The highest BCUT2D eigenvalue weighted by Crippen LogP contribution is 2.22. The number of halogens is 1. The quantitative estimate of drug-likeness (QED) is 0.917. The lowest BCUT2D eigenvalue weighted by Gasteiger charge is -2.21. The van der Waals surface area contributed by atoms with Crippen molar-refractivity contribution in [2.75, 3.05) is 17.7 Å². The summed E-state index contributed by atoms with van der Waals surface area (Å²) in [5.41, 5.74) is 7.36. The Labute approximate surface area is 112 Å². The fraction of sp³-hybridized carbons (Fsp3) is 0.286. The van der Waals surface area contributed by atoms with E-state index < -0.39 is 0 Å². The molecule has 0 aliphatic rings. The van der Waals surface area contributed by atoms with Crippen molar-refractivity contribution in [1.82, 2.24) is 9.97 Å². The zero-order valence-corrected chi connectivity index (χ0v) is 11.1. The predicted octanol–water partition coefficient (Wildman–Crippen LogP) is 2.40. The Bertz CT molecular complexity index is 571. The molecule has 0 radical (unpaired) electrons. The van der Waals surface area contributed by atoms with Crippen LogP contribution in [-0.4, -0.2) is 17.0 Å². The van der Waals surface area contributed by atoms with E-state index in [1.54, 1.807) is 12.1 Å². The lowest BCUT2D eigenvalue weighted by atomic mass is 10.1. The number of nitrogen functional groups attached to an aromatic ring is 1. The third-order valence-corrected chi connectivity index (χ3v) is 3.04. The topological polar surface area (TPSA) is 55.0 Å². The molecule has 2 aromatic rings. The highest BCUT2D eigenvalue weighted by atomic mass is 19.1. The Hall–Kier alpha value is -2.17. The lowest BCUT2D eigenvalue weighted by molar-refractivity contribution is 0.607. The lowest BCUT2D eigenvalue weighted by Crippen LogP contribution is -2.21. The first-order chi connectivity index (χ1) is 9.13. The van der Waals surface area contributed by atoms with Crippen molar-refractivity contribution in [2.45, 2.75) is 19.9 Å². The van der Waals surface area contributed by atoms with Gasteiger partial charge in [0.05, 0.1) is 0 Å². The van der Waals surface area contributed by atoms with E-state index in [-0.39, 0.29) is 5.82 Å². The van der Waals surface area contributed by atoms with Gasteiger partial charge in [0.1, 0.15) is 23.8 Å². The molecule has 0 amide bonds. The standard InChI is InChI=1S/C14H17FN4/c1-3-11-13(16)17-9-18-14(11)19(2)8-10-6-4-5-7-12(10)15/h4-7,9H,3,8H2,1-2H3,(H2,16,17,18). The average Bonchev–Trinajstić information content (AvgIpc) is 2.41. The fourth-order valence-corrected chi connectivity index (χ4v) is 2.04. The molecule has 0 saturated carbocycles.